The Labute approximate surface area is 205 Å². The molecule has 0 saturated carbocycles. The number of halogens is 1. The summed E-state index contributed by atoms with van der Waals surface area (Å²) in [6, 6.07) is 14.8. The lowest BCUT2D eigenvalue weighted by atomic mass is 10.0. The van der Waals surface area contributed by atoms with Gasteiger partial charge in [-0.15, -0.1) is 11.3 Å². The quantitative estimate of drug-likeness (QED) is 0.355. The summed E-state index contributed by atoms with van der Waals surface area (Å²) in [5, 5.41) is 0.928. The average Bonchev–Trinajstić information content (AvgIpc) is 3.21. The fraction of sp³-hybridized carbons (Fsp3) is 0.240. The lowest BCUT2D eigenvalue weighted by Gasteiger charge is -2.33. The topological polar surface area (TPSA) is 82.1 Å². The molecule has 4 rings (SSSR count). The zero-order valence-corrected chi connectivity index (χ0v) is 20.2. The molecule has 2 aromatic carbocycles. The highest BCUT2D eigenvalue weighted by molar-refractivity contribution is 7.14. The fourth-order valence-corrected chi connectivity index (χ4v) is 5.15. The van der Waals surface area contributed by atoms with Crippen LogP contribution in [0.3, 0.4) is 0 Å². The molecule has 0 spiro atoms. The molecular formula is C25H22ClNO6S. The molecule has 176 valence electrons. The summed E-state index contributed by atoms with van der Waals surface area (Å²) in [4.78, 5) is 39.8. The van der Waals surface area contributed by atoms with E-state index >= 15 is 0 Å². The van der Waals surface area contributed by atoms with E-state index in [2.05, 4.69) is 0 Å². The number of ether oxygens (including phenoxy) is 3. The summed E-state index contributed by atoms with van der Waals surface area (Å²) in [5.74, 6) is -1.38. The van der Waals surface area contributed by atoms with Crippen molar-refractivity contribution in [3.8, 4) is 10.8 Å². The van der Waals surface area contributed by atoms with E-state index in [1.807, 2.05) is 23.1 Å². The van der Waals surface area contributed by atoms with Crippen molar-refractivity contribution in [2.75, 3.05) is 13.7 Å². The molecule has 0 aliphatic carbocycles. The van der Waals surface area contributed by atoms with Gasteiger partial charge in [0.1, 0.15) is 17.4 Å². The van der Waals surface area contributed by atoms with Gasteiger partial charge in [-0.2, -0.15) is 0 Å². The van der Waals surface area contributed by atoms with Crippen molar-refractivity contribution in [3.63, 3.8) is 0 Å². The van der Waals surface area contributed by atoms with Crippen LogP contribution in [-0.4, -0.2) is 36.5 Å². The number of benzene rings is 2. The third-order valence-electron chi connectivity index (χ3n) is 5.42. The number of hydrogen-bond acceptors (Lipinski definition) is 8. The van der Waals surface area contributed by atoms with Gasteiger partial charge in [0.15, 0.2) is 5.06 Å². The molecule has 0 bridgehead atoms. The van der Waals surface area contributed by atoms with E-state index in [0.29, 0.717) is 35.2 Å². The molecule has 0 radical (unpaired) electrons. The van der Waals surface area contributed by atoms with E-state index in [9.17, 15) is 14.4 Å². The lowest BCUT2D eigenvalue weighted by Crippen LogP contribution is -2.38. The minimum Gasteiger partial charge on any atom is -0.468 e. The standard InChI is InChI=1S/C25H22ClNO6S/c1-15(28)32-20-10-6-4-8-18(20)24(29)33-22-13-16-14-27(12-11-21(16)34-22)23(25(30)31-2)17-7-3-5-9-19(17)26/h3-10,13,23H,11-12,14H2,1-2H3/t23-/m1/s1. The first-order valence-electron chi connectivity index (χ1n) is 10.5. The molecule has 1 atom stereocenters. The molecule has 0 saturated heterocycles. The van der Waals surface area contributed by atoms with Crippen LogP contribution in [0.5, 0.6) is 10.8 Å². The second-order valence-corrected chi connectivity index (χ2v) is 9.17. The number of fused-ring (bicyclic) bond motifs is 1. The number of nitrogens with zero attached hydrogens (tertiary/aromatic N) is 1. The van der Waals surface area contributed by atoms with Gasteiger partial charge < -0.3 is 14.2 Å². The first-order valence-corrected chi connectivity index (χ1v) is 11.7. The number of esters is 3. The zero-order chi connectivity index (χ0) is 24.2. The monoisotopic (exact) mass is 499 g/mol. The summed E-state index contributed by atoms with van der Waals surface area (Å²) < 4.78 is 15.8. The number of para-hydroxylation sites is 1. The Bertz CT molecular complexity index is 1240. The normalized spacial score (nSPS) is 14.1. The van der Waals surface area contributed by atoms with Crippen LogP contribution in [0.1, 0.15) is 39.3 Å². The predicted molar refractivity (Wildman–Crippen MR) is 127 cm³/mol. The molecule has 3 aromatic rings. The SMILES string of the molecule is COC(=O)[C@@H](c1ccccc1Cl)N1CCc2sc(OC(=O)c3ccccc3OC(C)=O)cc2C1. The van der Waals surface area contributed by atoms with E-state index < -0.39 is 18.0 Å². The van der Waals surface area contributed by atoms with E-state index in [1.54, 1.807) is 30.3 Å². The van der Waals surface area contributed by atoms with Crippen molar-refractivity contribution < 1.29 is 28.6 Å². The zero-order valence-electron chi connectivity index (χ0n) is 18.6. The van der Waals surface area contributed by atoms with Crippen molar-refractivity contribution >= 4 is 40.8 Å². The van der Waals surface area contributed by atoms with Gasteiger partial charge in [-0.3, -0.25) is 9.69 Å². The molecule has 1 aliphatic heterocycles. The van der Waals surface area contributed by atoms with Gasteiger partial charge in [-0.05, 0) is 41.8 Å². The van der Waals surface area contributed by atoms with E-state index in [-0.39, 0.29) is 17.3 Å². The molecule has 1 aliphatic rings. The Hall–Kier alpha value is -3.20. The van der Waals surface area contributed by atoms with Gasteiger partial charge in [0.05, 0.1) is 7.11 Å². The maximum Gasteiger partial charge on any atom is 0.348 e. The van der Waals surface area contributed by atoms with Crippen LogP contribution in [0.2, 0.25) is 5.02 Å². The average molecular weight is 500 g/mol. The highest BCUT2D eigenvalue weighted by Gasteiger charge is 2.33. The van der Waals surface area contributed by atoms with Gasteiger partial charge in [-0.1, -0.05) is 41.9 Å². The number of rotatable bonds is 6. The number of carbonyl (C=O) groups is 3. The van der Waals surface area contributed by atoms with Gasteiger partial charge >= 0.3 is 17.9 Å². The molecule has 0 N–H and O–H groups in total. The van der Waals surface area contributed by atoms with Crippen LogP contribution in [-0.2, 0) is 27.3 Å². The lowest BCUT2D eigenvalue weighted by molar-refractivity contribution is -0.147. The van der Waals surface area contributed by atoms with Crippen molar-refractivity contribution in [2.24, 2.45) is 0 Å². The summed E-state index contributed by atoms with van der Waals surface area (Å²) in [5.41, 5.74) is 1.81. The van der Waals surface area contributed by atoms with Crippen LogP contribution in [0.4, 0.5) is 0 Å². The van der Waals surface area contributed by atoms with Crippen molar-refractivity contribution in [1.29, 1.82) is 0 Å². The summed E-state index contributed by atoms with van der Waals surface area (Å²) in [7, 11) is 1.36. The highest BCUT2D eigenvalue weighted by atomic mass is 35.5. The number of hydrogen-bond donors (Lipinski definition) is 0. The Balaban J connectivity index is 1.54. The molecule has 0 unspecified atom stereocenters. The second kappa shape index (κ2) is 10.4. The Morgan fingerprint density at radius 1 is 1.06 bits per heavy atom. The Kier molecular flexibility index (Phi) is 7.31. The minimum absolute atomic E-state index is 0.146. The van der Waals surface area contributed by atoms with Crippen LogP contribution >= 0.6 is 22.9 Å². The van der Waals surface area contributed by atoms with Crippen LogP contribution in [0.25, 0.3) is 0 Å². The molecule has 1 aromatic heterocycles. The summed E-state index contributed by atoms with van der Waals surface area (Å²) in [6.45, 7) is 2.35. The Morgan fingerprint density at radius 2 is 1.79 bits per heavy atom. The summed E-state index contributed by atoms with van der Waals surface area (Å²) in [6.07, 6.45) is 0.680. The molecule has 0 amide bonds. The molecular weight excluding hydrogens is 478 g/mol. The van der Waals surface area contributed by atoms with Gasteiger partial charge in [-0.25, -0.2) is 9.59 Å². The molecule has 0 fully saturated rings. The maximum atomic E-state index is 12.8. The Morgan fingerprint density at radius 3 is 2.53 bits per heavy atom. The molecule has 2 heterocycles. The second-order valence-electron chi connectivity index (χ2n) is 7.66. The van der Waals surface area contributed by atoms with Crippen LogP contribution in [0.15, 0.2) is 54.6 Å². The van der Waals surface area contributed by atoms with Gasteiger partial charge in [0, 0.05) is 29.9 Å². The van der Waals surface area contributed by atoms with E-state index in [0.717, 1.165) is 10.4 Å². The highest BCUT2D eigenvalue weighted by Crippen LogP contribution is 2.38. The first kappa shape index (κ1) is 23.9. The smallest absolute Gasteiger partial charge is 0.348 e. The minimum atomic E-state index is -0.645. The molecule has 7 nitrogen and oxygen atoms in total. The van der Waals surface area contributed by atoms with E-state index in [4.69, 9.17) is 25.8 Å². The van der Waals surface area contributed by atoms with Gasteiger partial charge in [0.2, 0.25) is 0 Å². The predicted octanol–water partition coefficient (Wildman–Crippen LogP) is 4.82. The van der Waals surface area contributed by atoms with Crippen LogP contribution in [0, 0.1) is 0 Å². The third kappa shape index (κ3) is 5.14. The van der Waals surface area contributed by atoms with Gasteiger partial charge in [0.25, 0.3) is 0 Å². The van der Waals surface area contributed by atoms with Crippen LogP contribution < -0.4 is 9.47 Å². The van der Waals surface area contributed by atoms with Crippen molar-refractivity contribution in [2.45, 2.75) is 25.9 Å². The molecule has 9 heteroatoms. The van der Waals surface area contributed by atoms with E-state index in [1.165, 1.54) is 31.4 Å². The van der Waals surface area contributed by atoms with Crippen molar-refractivity contribution in [3.05, 3.63) is 81.2 Å². The maximum absolute atomic E-state index is 12.8. The largest absolute Gasteiger partial charge is 0.468 e. The third-order valence-corrected chi connectivity index (χ3v) is 6.88. The number of methoxy groups -OCH3 is 1. The molecule has 34 heavy (non-hydrogen) atoms. The number of carbonyl (C=O) groups excluding carboxylic acids is 3. The fourth-order valence-electron chi connectivity index (χ4n) is 3.90. The summed E-state index contributed by atoms with van der Waals surface area (Å²) >= 11 is 7.77. The first-order chi connectivity index (χ1) is 16.4. The van der Waals surface area contributed by atoms with Crippen molar-refractivity contribution in [1.82, 2.24) is 4.90 Å². The number of thiophene rings is 1.